The molecule has 1 N–H and O–H groups in total. The minimum Gasteiger partial charge on any atom is -0.502 e. The monoisotopic (exact) mass is 347 g/mol. The van der Waals surface area contributed by atoms with Gasteiger partial charge in [-0.05, 0) is 37.8 Å². The first-order valence-electron chi connectivity index (χ1n) is 7.66. The van der Waals surface area contributed by atoms with E-state index >= 15 is 0 Å². The molecule has 0 radical (unpaired) electrons. The van der Waals surface area contributed by atoms with Crippen LogP contribution < -0.4 is 0 Å². The van der Waals surface area contributed by atoms with Crippen molar-refractivity contribution >= 4 is 22.9 Å². The Morgan fingerprint density at radius 3 is 2.88 bits per heavy atom. The highest BCUT2D eigenvalue weighted by molar-refractivity contribution is 7.11. The molecule has 1 aromatic carbocycles. The second kappa shape index (κ2) is 6.56. The van der Waals surface area contributed by atoms with Crippen molar-refractivity contribution in [2.24, 2.45) is 0 Å². The molecule has 0 saturated carbocycles. The first kappa shape index (κ1) is 16.4. The third kappa shape index (κ3) is 3.23. The molecule has 8 heteroatoms. The normalized spacial score (nSPS) is 13.4. The molecule has 1 heterocycles. The van der Waals surface area contributed by atoms with Gasteiger partial charge >= 0.3 is 5.69 Å². The van der Waals surface area contributed by atoms with E-state index in [1.165, 1.54) is 28.3 Å². The topological polar surface area (TPSA) is 96.6 Å². The summed E-state index contributed by atoms with van der Waals surface area (Å²) in [6.07, 6.45) is 4.38. The van der Waals surface area contributed by atoms with E-state index in [0.29, 0.717) is 6.54 Å². The van der Waals surface area contributed by atoms with Crippen molar-refractivity contribution in [1.82, 2.24) is 9.88 Å². The van der Waals surface area contributed by atoms with Crippen LogP contribution in [0.1, 0.15) is 38.8 Å². The highest BCUT2D eigenvalue weighted by Gasteiger charge is 2.21. The fourth-order valence-electron chi connectivity index (χ4n) is 2.77. The summed E-state index contributed by atoms with van der Waals surface area (Å²) in [6.45, 7) is 0.366. The molecular formula is C16H17N3O4S. The zero-order valence-electron chi connectivity index (χ0n) is 13.2. The Morgan fingerprint density at radius 2 is 2.17 bits per heavy atom. The molecule has 1 amide bonds. The summed E-state index contributed by atoms with van der Waals surface area (Å²) in [4.78, 5) is 30.0. The van der Waals surface area contributed by atoms with Crippen LogP contribution in [0.5, 0.6) is 5.75 Å². The maximum absolute atomic E-state index is 12.5. The number of phenolic OH excluding ortho intramolecular Hbond substituents is 1. The summed E-state index contributed by atoms with van der Waals surface area (Å²) in [5.74, 6) is -0.793. The number of nitro groups is 1. The molecule has 0 saturated heterocycles. The number of aromatic hydroxyl groups is 1. The number of nitrogens with zero attached hydrogens (tertiary/aromatic N) is 3. The Labute approximate surface area is 142 Å². The van der Waals surface area contributed by atoms with Gasteiger partial charge in [-0.1, -0.05) is 0 Å². The number of rotatable bonds is 4. The Morgan fingerprint density at radius 1 is 1.42 bits per heavy atom. The summed E-state index contributed by atoms with van der Waals surface area (Å²) >= 11 is 1.63. The quantitative estimate of drug-likeness (QED) is 0.677. The lowest BCUT2D eigenvalue weighted by Gasteiger charge is -2.15. The third-order valence-corrected chi connectivity index (χ3v) is 5.17. The van der Waals surface area contributed by atoms with E-state index < -0.39 is 16.4 Å². The zero-order valence-corrected chi connectivity index (χ0v) is 14.0. The number of aryl methyl sites for hydroxylation is 2. The van der Waals surface area contributed by atoms with Gasteiger partial charge in [0.1, 0.15) is 5.01 Å². The lowest BCUT2D eigenvalue weighted by atomic mass is 10.0. The average molecular weight is 347 g/mol. The van der Waals surface area contributed by atoms with E-state index in [1.807, 2.05) is 0 Å². The van der Waals surface area contributed by atoms with E-state index in [-0.39, 0.29) is 11.5 Å². The second-order valence-electron chi connectivity index (χ2n) is 5.81. The summed E-state index contributed by atoms with van der Waals surface area (Å²) < 4.78 is 0. The van der Waals surface area contributed by atoms with Gasteiger partial charge in [-0.2, -0.15) is 0 Å². The van der Waals surface area contributed by atoms with Gasteiger partial charge in [0.05, 0.1) is 17.2 Å². The van der Waals surface area contributed by atoms with E-state index in [2.05, 4.69) is 4.98 Å². The molecule has 24 heavy (non-hydrogen) atoms. The SMILES string of the molecule is CN(Cc1nc2c(s1)CCCC2)C(=O)c1ccc(O)c([N+](=O)[O-])c1. The first-order chi connectivity index (χ1) is 11.5. The van der Waals surface area contributed by atoms with Crippen molar-refractivity contribution in [3.8, 4) is 5.75 Å². The van der Waals surface area contributed by atoms with Gasteiger partial charge in [0, 0.05) is 23.6 Å². The minimum atomic E-state index is -0.707. The molecule has 1 aliphatic carbocycles. The molecule has 0 atom stereocenters. The van der Waals surface area contributed by atoms with Crippen molar-refractivity contribution in [2.75, 3.05) is 7.05 Å². The minimum absolute atomic E-state index is 0.170. The molecule has 1 aromatic heterocycles. The van der Waals surface area contributed by atoms with Gasteiger partial charge in [-0.25, -0.2) is 4.98 Å². The predicted molar refractivity (Wildman–Crippen MR) is 89.3 cm³/mol. The van der Waals surface area contributed by atoms with Crippen molar-refractivity contribution in [1.29, 1.82) is 0 Å². The van der Waals surface area contributed by atoms with Gasteiger partial charge in [0.15, 0.2) is 5.75 Å². The van der Waals surface area contributed by atoms with Gasteiger partial charge in [-0.15, -0.1) is 11.3 Å². The summed E-state index contributed by atoms with van der Waals surface area (Å²) in [5.41, 5.74) is 0.838. The zero-order chi connectivity index (χ0) is 17.3. The number of carbonyl (C=O) groups excluding carboxylic acids is 1. The van der Waals surface area contributed by atoms with Crippen LogP contribution in [0.15, 0.2) is 18.2 Å². The number of carbonyl (C=O) groups is 1. The number of amides is 1. The smallest absolute Gasteiger partial charge is 0.311 e. The standard InChI is InChI=1S/C16H17N3O4S/c1-18(9-15-17-11-4-2-3-5-14(11)24-15)16(21)10-6-7-13(20)12(8-10)19(22)23/h6-8,20H,2-5,9H2,1H3. The molecule has 0 spiro atoms. The van der Waals surface area contributed by atoms with Crippen molar-refractivity contribution in [2.45, 2.75) is 32.2 Å². The molecule has 0 bridgehead atoms. The largest absolute Gasteiger partial charge is 0.502 e. The molecule has 0 aliphatic heterocycles. The third-order valence-electron chi connectivity index (χ3n) is 4.03. The highest BCUT2D eigenvalue weighted by atomic mass is 32.1. The van der Waals surface area contributed by atoms with E-state index in [0.717, 1.165) is 36.0 Å². The second-order valence-corrected chi connectivity index (χ2v) is 6.97. The number of phenols is 1. The number of aromatic nitrogens is 1. The van der Waals surface area contributed by atoms with Crippen LogP contribution in [0, 0.1) is 10.1 Å². The number of thiazole rings is 1. The summed E-state index contributed by atoms with van der Waals surface area (Å²) in [6, 6.07) is 3.65. The maximum Gasteiger partial charge on any atom is 0.311 e. The van der Waals surface area contributed by atoms with Crippen LogP contribution in [0.4, 0.5) is 5.69 Å². The van der Waals surface area contributed by atoms with E-state index in [1.54, 1.807) is 18.4 Å². The van der Waals surface area contributed by atoms with Crippen molar-refractivity contribution in [3.63, 3.8) is 0 Å². The van der Waals surface area contributed by atoms with Gasteiger partial charge in [-0.3, -0.25) is 14.9 Å². The first-order valence-corrected chi connectivity index (χ1v) is 8.47. The maximum atomic E-state index is 12.5. The van der Waals surface area contributed by atoms with E-state index in [4.69, 9.17) is 0 Å². The lowest BCUT2D eigenvalue weighted by Crippen LogP contribution is -2.26. The molecule has 0 fully saturated rings. The molecule has 126 valence electrons. The average Bonchev–Trinajstić information content (AvgIpc) is 2.96. The number of hydrogen-bond donors (Lipinski definition) is 1. The predicted octanol–water partition coefficient (Wildman–Crippen LogP) is 2.91. The van der Waals surface area contributed by atoms with Gasteiger partial charge in [0.2, 0.25) is 0 Å². The van der Waals surface area contributed by atoms with Crippen LogP contribution in [-0.2, 0) is 19.4 Å². The molecular weight excluding hydrogens is 330 g/mol. The van der Waals surface area contributed by atoms with Crippen molar-refractivity contribution in [3.05, 3.63) is 49.5 Å². The number of hydrogen-bond acceptors (Lipinski definition) is 6. The van der Waals surface area contributed by atoms with Gasteiger partial charge < -0.3 is 10.0 Å². The molecule has 2 aromatic rings. The van der Waals surface area contributed by atoms with E-state index in [9.17, 15) is 20.0 Å². The van der Waals surface area contributed by atoms with Crippen LogP contribution in [0.25, 0.3) is 0 Å². The molecule has 3 rings (SSSR count). The Bertz CT molecular complexity index is 779. The number of nitro benzene ring substituents is 1. The summed E-state index contributed by atoms with van der Waals surface area (Å²) in [7, 11) is 1.64. The van der Waals surface area contributed by atoms with Crippen LogP contribution in [0.3, 0.4) is 0 Å². The Kier molecular flexibility index (Phi) is 4.48. The number of fused-ring (bicyclic) bond motifs is 1. The summed E-state index contributed by atoms with van der Waals surface area (Å²) in [5, 5.41) is 21.2. The lowest BCUT2D eigenvalue weighted by molar-refractivity contribution is -0.385. The van der Waals surface area contributed by atoms with Gasteiger partial charge in [0.25, 0.3) is 5.91 Å². The Hall–Kier alpha value is -2.48. The van der Waals surface area contributed by atoms with Crippen molar-refractivity contribution < 1.29 is 14.8 Å². The van der Waals surface area contributed by atoms with Crippen LogP contribution in [0.2, 0.25) is 0 Å². The van der Waals surface area contributed by atoms with Crippen LogP contribution >= 0.6 is 11.3 Å². The fraction of sp³-hybridized carbons (Fsp3) is 0.375. The fourth-order valence-corrected chi connectivity index (χ4v) is 3.98. The highest BCUT2D eigenvalue weighted by Crippen LogP contribution is 2.29. The Balaban J connectivity index is 1.76. The van der Waals surface area contributed by atoms with Crippen LogP contribution in [-0.4, -0.2) is 32.9 Å². The molecule has 1 aliphatic rings. The molecule has 0 unspecified atom stereocenters. The molecule has 7 nitrogen and oxygen atoms in total. The number of benzene rings is 1.